The molecule has 3 atom stereocenters. The number of hydrogen-bond donors (Lipinski definition) is 1. The molecule has 2 rings (SSSR count). The zero-order valence-electron chi connectivity index (χ0n) is 9.63. The Morgan fingerprint density at radius 2 is 1.93 bits per heavy atom. The molecule has 14 heavy (non-hydrogen) atoms. The lowest BCUT2D eigenvalue weighted by molar-refractivity contribution is 0.136. The Morgan fingerprint density at radius 3 is 2.57 bits per heavy atom. The summed E-state index contributed by atoms with van der Waals surface area (Å²) in [5, 5.41) is 3.41. The van der Waals surface area contributed by atoms with E-state index in [1.807, 2.05) is 0 Å². The molecule has 82 valence electrons. The van der Waals surface area contributed by atoms with Gasteiger partial charge in [0.1, 0.15) is 0 Å². The largest absolute Gasteiger partial charge is 0.316 e. The number of nitrogens with one attached hydrogen (secondary N) is 1. The van der Waals surface area contributed by atoms with Crippen LogP contribution >= 0.6 is 0 Å². The fourth-order valence-corrected chi connectivity index (χ4v) is 3.16. The Hall–Kier alpha value is -0.0800. The lowest BCUT2D eigenvalue weighted by atomic mass is 9.85. The zero-order chi connectivity index (χ0) is 9.97. The van der Waals surface area contributed by atoms with Gasteiger partial charge in [-0.3, -0.25) is 4.90 Å². The topological polar surface area (TPSA) is 15.3 Å². The summed E-state index contributed by atoms with van der Waals surface area (Å²) in [6.45, 7) is 5.04. The molecular weight excluding hydrogens is 172 g/mol. The van der Waals surface area contributed by atoms with Crippen LogP contribution < -0.4 is 5.32 Å². The zero-order valence-corrected chi connectivity index (χ0v) is 9.63. The van der Waals surface area contributed by atoms with Crippen molar-refractivity contribution in [1.29, 1.82) is 0 Å². The van der Waals surface area contributed by atoms with Gasteiger partial charge >= 0.3 is 0 Å². The van der Waals surface area contributed by atoms with E-state index in [1.165, 1.54) is 45.2 Å². The number of nitrogens with zero attached hydrogens (tertiary/aromatic N) is 1. The van der Waals surface area contributed by atoms with Gasteiger partial charge in [-0.2, -0.15) is 0 Å². The molecule has 0 aromatic rings. The summed E-state index contributed by atoms with van der Waals surface area (Å²) < 4.78 is 0. The highest BCUT2D eigenvalue weighted by Gasteiger charge is 2.31. The van der Waals surface area contributed by atoms with Crippen molar-refractivity contribution >= 4 is 0 Å². The quantitative estimate of drug-likeness (QED) is 0.725. The van der Waals surface area contributed by atoms with Gasteiger partial charge in [0.15, 0.2) is 0 Å². The van der Waals surface area contributed by atoms with Crippen molar-refractivity contribution in [2.45, 2.75) is 51.1 Å². The SMILES string of the molecule is CNC1CCN(C2CCCCC2C)C1. The standard InChI is InChI=1S/C12H24N2/c1-10-5-3-4-6-12(10)14-8-7-11(9-14)13-2/h10-13H,3-9H2,1-2H3. The average Bonchev–Trinajstić information content (AvgIpc) is 2.67. The normalized spacial score (nSPS) is 40.3. The Morgan fingerprint density at radius 1 is 1.14 bits per heavy atom. The third kappa shape index (κ3) is 2.12. The van der Waals surface area contributed by atoms with Crippen molar-refractivity contribution in [3.8, 4) is 0 Å². The van der Waals surface area contributed by atoms with E-state index in [0.29, 0.717) is 0 Å². The van der Waals surface area contributed by atoms with E-state index in [2.05, 4.69) is 24.2 Å². The maximum Gasteiger partial charge on any atom is 0.0204 e. The minimum atomic E-state index is 0.754. The Kier molecular flexibility index (Phi) is 3.45. The van der Waals surface area contributed by atoms with Gasteiger partial charge in [-0.15, -0.1) is 0 Å². The molecule has 1 aliphatic heterocycles. The van der Waals surface area contributed by atoms with Crippen LogP contribution in [0.15, 0.2) is 0 Å². The van der Waals surface area contributed by atoms with Crippen LogP contribution in [0.5, 0.6) is 0 Å². The van der Waals surface area contributed by atoms with Gasteiger partial charge < -0.3 is 5.32 Å². The van der Waals surface area contributed by atoms with Crippen molar-refractivity contribution in [1.82, 2.24) is 10.2 Å². The van der Waals surface area contributed by atoms with Crippen molar-refractivity contribution in [3.05, 3.63) is 0 Å². The summed E-state index contributed by atoms with van der Waals surface area (Å²) in [5.74, 6) is 0.930. The van der Waals surface area contributed by atoms with E-state index in [4.69, 9.17) is 0 Å². The molecule has 2 nitrogen and oxygen atoms in total. The van der Waals surface area contributed by atoms with E-state index < -0.39 is 0 Å². The molecule has 1 aliphatic carbocycles. The molecule has 2 heteroatoms. The van der Waals surface area contributed by atoms with Crippen LogP contribution in [0.1, 0.15) is 39.0 Å². The molecule has 0 bridgehead atoms. The van der Waals surface area contributed by atoms with Gasteiger partial charge in [-0.1, -0.05) is 19.8 Å². The molecule has 3 unspecified atom stereocenters. The van der Waals surface area contributed by atoms with Crippen LogP contribution in [-0.4, -0.2) is 37.1 Å². The highest BCUT2D eigenvalue weighted by atomic mass is 15.2. The third-order valence-corrected chi connectivity index (χ3v) is 4.16. The first kappa shape index (κ1) is 10.4. The number of likely N-dealkylation sites (N-methyl/N-ethyl adjacent to an activating group) is 1. The summed E-state index contributed by atoms with van der Waals surface area (Å²) in [4.78, 5) is 2.73. The molecule has 1 saturated carbocycles. The van der Waals surface area contributed by atoms with Crippen LogP contribution in [0.4, 0.5) is 0 Å². The van der Waals surface area contributed by atoms with E-state index >= 15 is 0 Å². The maximum absolute atomic E-state index is 3.41. The monoisotopic (exact) mass is 196 g/mol. The summed E-state index contributed by atoms with van der Waals surface area (Å²) in [7, 11) is 2.10. The molecule has 0 radical (unpaired) electrons. The number of rotatable bonds is 2. The third-order valence-electron chi connectivity index (χ3n) is 4.16. The van der Waals surface area contributed by atoms with Crippen molar-refractivity contribution in [2.24, 2.45) is 5.92 Å². The average molecular weight is 196 g/mol. The smallest absolute Gasteiger partial charge is 0.0204 e. The summed E-state index contributed by atoms with van der Waals surface area (Å²) in [6.07, 6.45) is 7.15. The molecule has 2 aliphatic rings. The van der Waals surface area contributed by atoms with Gasteiger partial charge in [0.05, 0.1) is 0 Å². The summed E-state index contributed by atoms with van der Waals surface area (Å²) in [6, 6.07) is 1.64. The lowest BCUT2D eigenvalue weighted by Gasteiger charge is -2.36. The molecule has 1 saturated heterocycles. The van der Waals surface area contributed by atoms with Gasteiger partial charge in [-0.05, 0) is 32.2 Å². The fraction of sp³-hybridized carbons (Fsp3) is 1.00. The molecule has 0 aromatic carbocycles. The van der Waals surface area contributed by atoms with Gasteiger partial charge in [0.25, 0.3) is 0 Å². The highest BCUT2D eigenvalue weighted by molar-refractivity contribution is 4.88. The molecule has 1 N–H and O–H groups in total. The molecule has 1 heterocycles. The molecule has 0 spiro atoms. The maximum atomic E-state index is 3.41. The van der Waals surface area contributed by atoms with Crippen molar-refractivity contribution in [3.63, 3.8) is 0 Å². The molecule has 0 amide bonds. The van der Waals surface area contributed by atoms with Crippen LogP contribution in [0.25, 0.3) is 0 Å². The summed E-state index contributed by atoms with van der Waals surface area (Å²) in [5.41, 5.74) is 0. The molecule has 0 aromatic heterocycles. The second kappa shape index (κ2) is 4.63. The highest BCUT2D eigenvalue weighted by Crippen LogP contribution is 2.30. The van der Waals surface area contributed by atoms with Gasteiger partial charge in [-0.25, -0.2) is 0 Å². The molecule has 2 fully saturated rings. The lowest BCUT2D eigenvalue weighted by Crippen LogP contribution is -2.41. The Labute approximate surface area is 88.1 Å². The van der Waals surface area contributed by atoms with E-state index in [-0.39, 0.29) is 0 Å². The minimum absolute atomic E-state index is 0.754. The first-order valence-electron chi connectivity index (χ1n) is 6.22. The predicted octanol–water partition coefficient (Wildman–Crippen LogP) is 1.86. The number of likely N-dealkylation sites (tertiary alicyclic amines) is 1. The summed E-state index contributed by atoms with van der Waals surface area (Å²) >= 11 is 0. The molecular formula is C12H24N2. The van der Waals surface area contributed by atoms with Crippen LogP contribution in [-0.2, 0) is 0 Å². The first-order chi connectivity index (χ1) is 6.81. The Balaban J connectivity index is 1.88. The van der Waals surface area contributed by atoms with Crippen LogP contribution in [0, 0.1) is 5.92 Å². The van der Waals surface area contributed by atoms with Crippen molar-refractivity contribution < 1.29 is 0 Å². The second-order valence-electron chi connectivity index (χ2n) is 5.10. The number of hydrogen-bond acceptors (Lipinski definition) is 2. The van der Waals surface area contributed by atoms with E-state index in [0.717, 1.165) is 18.0 Å². The minimum Gasteiger partial charge on any atom is -0.316 e. The van der Waals surface area contributed by atoms with E-state index in [9.17, 15) is 0 Å². The van der Waals surface area contributed by atoms with Crippen LogP contribution in [0.2, 0.25) is 0 Å². The van der Waals surface area contributed by atoms with Gasteiger partial charge in [0, 0.05) is 25.2 Å². The van der Waals surface area contributed by atoms with Crippen LogP contribution in [0.3, 0.4) is 0 Å². The predicted molar refractivity (Wildman–Crippen MR) is 60.5 cm³/mol. The van der Waals surface area contributed by atoms with Crippen molar-refractivity contribution in [2.75, 3.05) is 20.1 Å². The van der Waals surface area contributed by atoms with E-state index in [1.54, 1.807) is 0 Å². The first-order valence-corrected chi connectivity index (χ1v) is 6.22. The Bertz CT molecular complexity index is 181. The fourth-order valence-electron chi connectivity index (χ4n) is 3.16. The van der Waals surface area contributed by atoms with Gasteiger partial charge in [0.2, 0.25) is 0 Å². The second-order valence-corrected chi connectivity index (χ2v) is 5.10.